The molecule has 104 valence electrons. The van der Waals surface area contributed by atoms with E-state index >= 15 is 0 Å². The lowest BCUT2D eigenvalue weighted by atomic mass is 10.1. The number of hydrogen-bond acceptors (Lipinski definition) is 3. The van der Waals surface area contributed by atoms with Crippen molar-refractivity contribution in [2.75, 3.05) is 7.05 Å². The lowest BCUT2D eigenvalue weighted by Crippen LogP contribution is -2.49. The number of carbonyl (C=O) groups excluding carboxylic acids is 1. The number of thiocarbonyl (C=S) groups is 1. The first-order valence-electron chi connectivity index (χ1n) is 5.96. The SMILES string of the molecule is CNC(=S)NNC(=O)C(C)Oc1cccc(C)c1C. The van der Waals surface area contributed by atoms with Crippen LogP contribution in [-0.4, -0.2) is 24.2 Å². The maximum atomic E-state index is 11.8. The van der Waals surface area contributed by atoms with Crippen LogP contribution in [0.1, 0.15) is 18.1 Å². The van der Waals surface area contributed by atoms with Crippen molar-refractivity contribution in [3.8, 4) is 5.75 Å². The zero-order chi connectivity index (χ0) is 14.4. The number of carbonyl (C=O) groups is 1. The predicted molar refractivity (Wildman–Crippen MR) is 78.9 cm³/mol. The third-order valence-electron chi connectivity index (χ3n) is 2.75. The highest BCUT2D eigenvalue weighted by Crippen LogP contribution is 2.21. The average Bonchev–Trinajstić information content (AvgIpc) is 2.40. The van der Waals surface area contributed by atoms with E-state index < -0.39 is 6.10 Å². The fourth-order valence-electron chi connectivity index (χ4n) is 1.38. The zero-order valence-corrected chi connectivity index (χ0v) is 12.4. The zero-order valence-electron chi connectivity index (χ0n) is 11.5. The highest BCUT2D eigenvalue weighted by Gasteiger charge is 2.15. The standard InChI is InChI=1S/C13H19N3O2S/c1-8-6-5-7-11(9(8)2)18-10(3)12(17)15-16-13(19)14-4/h5-7,10H,1-4H3,(H,15,17)(H2,14,16,19). The van der Waals surface area contributed by atoms with E-state index in [-0.39, 0.29) is 5.91 Å². The molecule has 0 radical (unpaired) electrons. The molecular weight excluding hydrogens is 262 g/mol. The van der Waals surface area contributed by atoms with Crippen molar-refractivity contribution < 1.29 is 9.53 Å². The van der Waals surface area contributed by atoms with Gasteiger partial charge in [-0.25, -0.2) is 0 Å². The van der Waals surface area contributed by atoms with Crippen LogP contribution in [0.3, 0.4) is 0 Å². The molecule has 1 rings (SSSR count). The third-order valence-corrected chi connectivity index (χ3v) is 3.06. The van der Waals surface area contributed by atoms with Gasteiger partial charge in [0, 0.05) is 7.05 Å². The van der Waals surface area contributed by atoms with Crippen molar-refractivity contribution in [1.29, 1.82) is 0 Å². The maximum absolute atomic E-state index is 11.8. The Morgan fingerprint density at radius 2 is 2.00 bits per heavy atom. The molecule has 1 aromatic rings. The summed E-state index contributed by atoms with van der Waals surface area (Å²) >= 11 is 4.85. The summed E-state index contributed by atoms with van der Waals surface area (Å²) < 4.78 is 5.64. The Morgan fingerprint density at radius 3 is 2.63 bits per heavy atom. The van der Waals surface area contributed by atoms with E-state index in [2.05, 4.69) is 16.2 Å². The van der Waals surface area contributed by atoms with Crippen LogP contribution >= 0.6 is 12.2 Å². The second-order valence-corrected chi connectivity index (χ2v) is 4.56. The lowest BCUT2D eigenvalue weighted by Gasteiger charge is -2.17. The summed E-state index contributed by atoms with van der Waals surface area (Å²) in [7, 11) is 1.66. The number of ether oxygens (including phenoxy) is 1. The smallest absolute Gasteiger partial charge is 0.279 e. The van der Waals surface area contributed by atoms with Gasteiger partial charge in [-0.15, -0.1) is 0 Å². The van der Waals surface area contributed by atoms with Gasteiger partial charge in [-0.2, -0.15) is 0 Å². The molecule has 1 unspecified atom stereocenters. The summed E-state index contributed by atoms with van der Waals surface area (Å²) in [6.45, 7) is 5.64. The van der Waals surface area contributed by atoms with Crippen LogP contribution < -0.4 is 20.9 Å². The molecule has 1 aromatic carbocycles. The molecule has 0 aliphatic rings. The van der Waals surface area contributed by atoms with Crippen LogP contribution in [-0.2, 0) is 4.79 Å². The monoisotopic (exact) mass is 281 g/mol. The number of amides is 1. The Balaban J connectivity index is 2.59. The Hall–Kier alpha value is -1.82. The quantitative estimate of drug-likeness (QED) is 0.574. The summed E-state index contributed by atoms with van der Waals surface area (Å²) in [4.78, 5) is 11.8. The van der Waals surface area contributed by atoms with Gasteiger partial charge in [-0.05, 0) is 50.2 Å². The minimum absolute atomic E-state index is 0.293. The van der Waals surface area contributed by atoms with Gasteiger partial charge in [0.15, 0.2) is 11.2 Å². The molecule has 0 aromatic heterocycles. The number of hydrazine groups is 1. The molecule has 19 heavy (non-hydrogen) atoms. The van der Waals surface area contributed by atoms with Crippen molar-refractivity contribution in [3.63, 3.8) is 0 Å². The Labute approximate surface area is 118 Å². The van der Waals surface area contributed by atoms with E-state index in [1.165, 1.54) is 0 Å². The molecule has 0 saturated carbocycles. The second-order valence-electron chi connectivity index (χ2n) is 4.15. The molecule has 0 bridgehead atoms. The third kappa shape index (κ3) is 4.40. The first-order chi connectivity index (χ1) is 8.95. The average molecular weight is 281 g/mol. The summed E-state index contributed by atoms with van der Waals surface area (Å²) in [5, 5.41) is 3.03. The van der Waals surface area contributed by atoms with Crippen molar-refractivity contribution >= 4 is 23.2 Å². The molecule has 0 aliphatic heterocycles. The van der Waals surface area contributed by atoms with Crippen molar-refractivity contribution in [2.24, 2.45) is 0 Å². The van der Waals surface area contributed by atoms with Gasteiger partial charge in [-0.3, -0.25) is 15.6 Å². The molecule has 1 atom stereocenters. The Bertz CT molecular complexity index is 477. The van der Waals surface area contributed by atoms with Crippen LogP contribution in [0, 0.1) is 13.8 Å². The van der Waals surface area contributed by atoms with E-state index in [0.29, 0.717) is 10.9 Å². The number of rotatable bonds is 3. The van der Waals surface area contributed by atoms with Crippen LogP contribution in [0.2, 0.25) is 0 Å². The molecular formula is C13H19N3O2S. The molecule has 0 spiro atoms. The molecule has 0 heterocycles. The molecule has 0 fully saturated rings. The largest absolute Gasteiger partial charge is 0.481 e. The highest BCUT2D eigenvalue weighted by atomic mass is 32.1. The van der Waals surface area contributed by atoms with Gasteiger partial charge in [0.1, 0.15) is 5.75 Å². The van der Waals surface area contributed by atoms with E-state index in [1.807, 2.05) is 32.0 Å². The fourth-order valence-corrected chi connectivity index (χ4v) is 1.43. The topological polar surface area (TPSA) is 62.4 Å². The molecule has 5 nitrogen and oxygen atoms in total. The van der Waals surface area contributed by atoms with E-state index in [0.717, 1.165) is 11.1 Å². The normalized spacial score (nSPS) is 11.4. The van der Waals surface area contributed by atoms with E-state index in [1.54, 1.807) is 14.0 Å². The fraction of sp³-hybridized carbons (Fsp3) is 0.385. The van der Waals surface area contributed by atoms with Gasteiger partial charge in [0.25, 0.3) is 5.91 Å². The van der Waals surface area contributed by atoms with Crippen LogP contribution in [0.4, 0.5) is 0 Å². The van der Waals surface area contributed by atoms with Crippen LogP contribution in [0.5, 0.6) is 5.75 Å². The lowest BCUT2D eigenvalue weighted by molar-refractivity contribution is -0.127. The highest BCUT2D eigenvalue weighted by molar-refractivity contribution is 7.80. The molecule has 0 saturated heterocycles. The molecule has 0 aliphatic carbocycles. The van der Waals surface area contributed by atoms with E-state index in [9.17, 15) is 4.79 Å². The Kier molecular flexibility index (Phi) is 5.57. The first kappa shape index (κ1) is 15.2. The Morgan fingerprint density at radius 1 is 1.32 bits per heavy atom. The molecule has 6 heteroatoms. The molecule has 3 N–H and O–H groups in total. The van der Waals surface area contributed by atoms with Crippen LogP contribution in [0.15, 0.2) is 18.2 Å². The second kappa shape index (κ2) is 6.94. The maximum Gasteiger partial charge on any atom is 0.279 e. The van der Waals surface area contributed by atoms with Crippen LogP contribution in [0.25, 0.3) is 0 Å². The summed E-state index contributed by atoms with van der Waals surface area (Å²) in [6, 6.07) is 5.74. The minimum atomic E-state index is -0.618. The van der Waals surface area contributed by atoms with Gasteiger partial charge in [-0.1, -0.05) is 12.1 Å². The van der Waals surface area contributed by atoms with Crippen molar-refractivity contribution in [2.45, 2.75) is 26.9 Å². The van der Waals surface area contributed by atoms with Gasteiger partial charge in [0.2, 0.25) is 0 Å². The summed E-state index contributed by atoms with van der Waals surface area (Å²) in [5.41, 5.74) is 7.19. The van der Waals surface area contributed by atoms with Crippen molar-refractivity contribution in [3.05, 3.63) is 29.3 Å². The minimum Gasteiger partial charge on any atom is -0.481 e. The number of benzene rings is 1. The number of aryl methyl sites for hydroxylation is 1. The van der Waals surface area contributed by atoms with Crippen molar-refractivity contribution in [1.82, 2.24) is 16.2 Å². The van der Waals surface area contributed by atoms with Gasteiger partial charge < -0.3 is 10.1 Å². The number of nitrogens with one attached hydrogen (secondary N) is 3. The van der Waals surface area contributed by atoms with Gasteiger partial charge in [0.05, 0.1) is 0 Å². The van der Waals surface area contributed by atoms with Gasteiger partial charge >= 0.3 is 0 Å². The molecule has 1 amide bonds. The number of hydrogen-bond donors (Lipinski definition) is 3. The van der Waals surface area contributed by atoms with E-state index in [4.69, 9.17) is 17.0 Å². The summed E-state index contributed by atoms with van der Waals surface area (Å²) in [5.74, 6) is 0.414. The first-order valence-corrected chi connectivity index (χ1v) is 6.37. The predicted octanol–water partition coefficient (Wildman–Crippen LogP) is 1.20. The summed E-state index contributed by atoms with van der Waals surface area (Å²) in [6.07, 6.45) is -0.618.